The van der Waals surface area contributed by atoms with E-state index in [0.717, 1.165) is 22.7 Å². The molecule has 0 amide bonds. The van der Waals surface area contributed by atoms with Gasteiger partial charge in [0.1, 0.15) is 0 Å². The molecule has 198 valence electrons. The molecule has 0 saturated heterocycles. The van der Waals surface area contributed by atoms with E-state index in [9.17, 15) is 0 Å². The van der Waals surface area contributed by atoms with Crippen LogP contribution in [0.15, 0.2) is 146 Å². The van der Waals surface area contributed by atoms with Crippen molar-refractivity contribution < 1.29 is 0 Å². The molecule has 0 bridgehead atoms. The van der Waals surface area contributed by atoms with Crippen LogP contribution in [0, 0.1) is 0 Å². The van der Waals surface area contributed by atoms with Crippen molar-refractivity contribution in [3.8, 4) is 33.4 Å². The summed E-state index contributed by atoms with van der Waals surface area (Å²) in [6.07, 6.45) is 0. The Labute approximate surface area is 242 Å². The van der Waals surface area contributed by atoms with E-state index < -0.39 is 0 Å². The molecule has 0 heterocycles. The van der Waals surface area contributed by atoms with Crippen LogP contribution in [-0.4, -0.2) is 0 Å². The molecule has 0 aromatic heterocycles. The van der Waals surface area contributed by atoms with Crippen molar-refractivity contribution in [2.24, 2.45) is 0 Å². The van der Waals surface area contributed by atoms with E-state index >= 15 is 0 Å². The minimum Gasteiger partial charge on any atom is -0.399 e. The van der Waals surface area contributed by atoms with Crippen molar-refractivity contribution in [3.63, 3.8) is 0 Å². The van der Waals surface area contributed by atoms with Crippen molar-refractivity contribution in [2.75, 3.05) is 10.6 Å². The van der Waals surface area contributed by atoms with Crippen LogP contribution in [0.4, 0.5) is 22.7 Å². The van der Waals surface area contributed by atoms with E-state index in [4.69, 9.17) is 5.73 Å². The van der Waals surface area contributed by atoms with Gasteiger partial charge >= 0.3 is 0 Å². The zero-order valence-corrected chi connectivity index (χ0v) is 23.4. The van der Waals surface area contributed by atoms with Gasteiger partial charge in [0.25, 0.3) is 0 Å². The number of anilines is 4. The highest BCUT2D eigenvalue weighted by Gasteiger charge is 2.36. The van der Waals surface area contributed by atoms with Gasteiger partial charge in [0, 0.05) is 28.2 Å². The van der Waals surface area contributed by atoms with Crippen LogP contribution in [0.5, 0.6) is 0 Å². The second-order valence-corrected chi connectivity index (χ2v) is 11.3. The van der Waals surface area contributed by atoms with E-state index in [-0.39, 0.29) is 5.41 Å². The van der Waals surface area contributed by atoms with E-state index in [1.807, 2.05) is 6.07 Å². The average Bonchev–Trinajstić information content (AvgIpc) is 3.24. The highest BCUT2D eigenvalue weighted by atomic mass is 15.1. The molecular formula is C39H32N2. The second-order valence-electron chi connectivity index (χ2n) is 11.3. The highest BCUT2D eigenvalue weighted by Crippen LogP contribution is 2.51. The van der Waals surface area contributed by atoms with Gasteiger partial charge < -0.3 is 10.6 Å². The lowest BCUT2D eigenvalue weighted by Crippen LogP contribution is -2.16. The summed E-state index contributed by atoms with van der Waals surface area (Å²) in [5.74, 6) is 0. The summed E-state index contributed by atoms with van der Waals surface area (Å²) >= 11 is 0. The Hall–Kier alpha value is -5.08. The minimum absolute atomic E-state index is 0.143. The molecule has 1 aliphatic rings. The number of rotatable bonds is 5. The summed E-state index contributed by atoms with van der Waals surface area (Å²) in [4.78, 5) is 2.36. The zero-order chi connectivity index (χ0) is 28.0. The summed E-state index contributed by atoms with van der Waals surface area (Å²) in [5.41, 5.74) is 20.3. The molecule has 0 spiro atoms. The van der Waals surface area contributed by atoms with Crippen molar-refractivity contribution >= 4 is 22.7 Å². The van der Waals surface area contributed by atoms with Gasteiger partial charge in [-0.2, -0.15) is 0 Å². The Kier molecular flexibility index (Phi) is 5.98. The molecule has 2 heteroatoms. The fourth-order valence-corrected chi connectivity index (χ4v) is 6.20. The van der Waals surface area contributed by atoms with Crippen LogP contribution in [0.1, 0.15) is 25.0 Å². The summed E-state index contributed by atoms with van der Waals surface area (Å²) in [5, 5.41) is 0. The van der Waals surface area contributed by atoms with Gasteiger partial charge in [0.05, 0.1) is 0 Å². The Morgan fingerprint density at radius 1 is 0.439 bits per heavy atom. The zero-order valence-electron chi connectivity index (χ0n) is 23.4. The second kappa shape index (κ2) is 9.83. The van der Waals surface area contributed by atoms with E-state index in [0.29, 0.717) is 0 Å². The summed E-state index contributed by atoms with van der Waals surface area (Å²) < 4.78 is 0. The number of nitrogen functional groups attached to an aromatic ring is 1. The van der Waals surface area contributed by atoms with Crippen molar-refractivity contribution in [2.45, 2.75) is 19.3 Å². The van der Waals surface area contributed by atoms with Gasteiger partial charge in [0.15, 0.2) is 0 Å². The molecule has 0 atom stereocenters. The normalized spacial score (nSPS) is 12.9. The Balaban J connectivity index is 1.34. The predicted molar refractivity (Wildman–Crippen MR) is 174 cm³/mol. The summed E-state index contributed by atoms with van der Waals surface area (Å²) in [6, 6.07) is 52.0. The maximum Gasteiger partial charge on any atom is 0.0465 e. The van der Waals surface area contributed by atoms with Crippen LogP contribution in [0.2, 0.25) is 0 Å². The van der Waals surface area contributed by atoms with E-state index in [1.54, 1.807) is 0 Å². The van der Waals surface area contributed by atoms with Crippen LogP contribution in [0.25, 0.3) is 33.4 Å². The van der Waals surface area contributed by atoms with Gasteiger partial charge in [-0.3, -0.25) is 0 Å². The van der Waals surface area contributed by atoms with Gasteiger partial charge in [-0.1, -0.05) is 111 Å². The lowest BCUT2D eigenvalue weighted by atomic mass is 9.82. The Morgan fingerprint density at radius 3 is 1.37 bits per heavy atom. The first kappa shape index (κ1) is 24.9. The topological polar surface area (TPSA) is 29.3 Å². The van der Waals surface area contributed by atoms with Gasteiger partial charge in [-0.15, -0.1) is 0 Å². The first-order chi connectivity index (χ1) is 20.0. The molecule has 0 fully saturated rings. The molecule has 1 aliphatic carbocycles. The highest BCUT2D eigenvalue weighted by molar-refractivity contribution is 5.87. The quantitative estimate of drug-likeness (QED) is 0.226. The maximum atomic E-state index is 6.22. The lowest BCUT2D eigenvalue weighted by molar-refractivity contribution is 0.661. The molecule has 2 N–H and O–H groups in total. The van der Waals surface area contributed by atoms with Crippen LogP contribution < -0.4 is 10.6 Å². The predicted octanol–water partition coefficient (Wildman–Crippen LogP) is 10.4. The lowest BCUT2D eigenvalue weighted by Gasteiger charge is -2.28. The molecule has 41 heavy (non-hydrogen) atoms. The van der Waals surface area contributed by atoms with E-state index in [2.05, 4.69) is 158 Å². The van der Waals surface area contributed by atoms with Crippen LogP contribution in [0.3, 0.4) is 0 Å². The van der Waals surface area contributed by atoms with Gasteiger partial charge in [0.2, 0.25) is 0 Å². The largest absolute Gasteiger partial charge is 0.399 e. The number of hydrogen-bond acceptors (Lipinski definition) is 2. The SMILES string of the molecule is CC1(C)c2cc(N)ccc2-c2ccc(N(c3ccc(-c4ccccc4)cc3)c3ccc(-c4ccccc4)cc3)cc21. The first-order valence-corrected chi connectivity index (χ1v) is 14.1. The molecule has 0 radical (unpaired) electrons. The summed E-state index contributed by atoms with van der Waals surface area (Å²) in [6.45, 7) is 4.60. The molecular weight excluding hydrogens is 496 g/mol. The molecule has 6 aromatic carbocycles. The van der Waals surface area contributed by atoms with Crippen molar-refractivity contribution in [1.82, 2.24) is 0 Å². The average molecular weight is 529 g/mol. The minimum atomic E-state index is -0.143. The Bertz CT molecular complexity index is 1750. The fourth-order valence-electron chi connectivity index (χ4n) is 6.20. The van der Waals surface area contributed by atoms with Crippen molar-refractivity contribution in [3.05, 3.63) is 157 Å². The standard InChI is InChI=1S/C39H32N2/c1-39(2)37-25-31(40)17-23-35(37)36-24-22-34(26-38(36)39)41(32-18-13-29(14-19-32)27-9-5-3-6-10-27)33-20-15-30(16-21-33)28-11-7-4-8-12-28/h3-26H,40H2,1-2H3. The van der Waals surface area contributed by atoms with Crippen LogP contribution in [-0.2, 0) is 5.41 Å². The van der Waals surface area contributed by atoms with Crippen molar-refractivity contribution in [1.29, 1.82) is 0 Å². The van der Waals surface area contributed by atoms with Gasteiger partial charge in [-0.25, -0.2) is 0 Å². The molecule has 0 aliphatic heterocycles. The molecule has 0 unspecified atom stereocenters. The van der Waals surface area contributed by atoms with Gasteiger partial charge in [-0.05, 0) is 93.0 Å². The number of benzene rings is 6. The maximum absolute atomic E-state index is 6.22. The third kappa shape index (κ3) is 4.38. The first-order valence-electron chi connectivity index (χ1n) is 14.1. The summed E-state index contributed by atoms with van der Waals surface area (Å²) in [7, 11) is 0. The fraction of sp³-hybridized carbons (Fsp3) is 0.0769. The number of nitrogens with two attached hydrogens (primary N) is 1. The van der Waals surface area contributed by atoms with E-state index in [1.165, 1.54) is 44.5 Å². The third-order valence-corrected chi connectivity index (χ3v) is 8.41. The molecule has 7 rings (SSSR count). The molecule has 6 aromatic rings. The Morgan fingerprint density at radius 2 is 0.854 bits per heavy atom. The number of fused-ring (bicyclic) bond motifs is 3. The van der Waals surface area contributed by atoms with Crippen LogP contribution >= 0.6 is 0 Å². The molecule has 2 nitrogen and oxygen atoms in total. The monoisotopic (exact) mass is 528 g/mol. The number of hydrogen-bond donors (Lipinski definition) is 1. The smallest absolute Gasteiger partial charge is 0.0465 e. The third-order valence-electron chi connectivity index (χ3n) is 8.41. The number of nitrogens with zero attached hydrogens (tertiary/aromatic N) is 1. The molecule has 0 saturated carbocycles.